The summed E-state index contributed by atoms with van der Waals surface area (Å²) in [5.74, 6) is -3.07. The van der Waals surface area contributed by atoms with Crippen LogP contribution in [0.1, 0.15) is 17.0 Å². The van der Waals surface area contributed by atoms with Crippen molar-refractivity contribution in [3.05, 3.63) is 46.7 Å². The number of hydrogen-bond acceptors (Lipinski definition) is 7. The molecule has 1 aliphatic heterocycles. The molecule has 27 heavy (non-hydrogen) atoms. The zero-order valence-corrected chi connectivity index (χ0v) is 14.0. The van der Waals surface area contributed by atoms with Gasteiger partial charge in [-0.3, -0.25) is 20.2 Å². The van der Waals surface area contributed by atoms with Gasteiger partial charge in [-0.25, -0.2) is 4.79 Å². The van der Waals surface area contributed by atoms with E-state index in [1.54, 1.807) is 36.4 Å². The number of benzene rings is 1. The average molecular weight is 360 g/mol. The Hall–Kier alpha value is -4.16. The van der Waals surface area contributed by atoms with Gasteiger partial charge >= 0.3 is 6.03 Å². The molecule has 1 aromatic carbocycles. The van der Waals surface area contributed by atoms with Crippen LogP contribution in [0.5, 0.6) is 0 Å². The average Bonchev–Trinajstić information content (AvgIpc) is 3.27. The quantitative estimate of drug-likeness (QED) is 0.499. The van der Waals surface area contributed by atoms with Crippen LogP contribution in [0.25, 0.3) is 0 Å². The summed E-state index contributed by atoms with van der Waals surface area (Å²) in [6, 6.07) is 10.7. The maximum Gasteiger partial charge on any atom is 0.328 e. The minimum atomic E-state index is -2.06. The van der Waals surface area contributed by atoms with Crippen LogP contribution < -0.4 is 16.4 Å². The minimum absolute atomic E-state index is 0.444. The van der Waals surface area contributed by atoms with Crippen molar-refractivity contribution in [2.75, 3.05) is 0 Å². The lowest BCUT2D eigenvalue weighted by atomic mass is 9.86. The summed E-state index contributed by atoms with van der Waals surface area (Å²) in [4.78, 5) is 37.0. The molecule has 2 atom stereocenters. The van der Waals surface area contributed by atoms with E-state index in [-0.39, 0.29) is 0 Å². The zero-order chi connectivity index (χ0) is 20.0. The number of urea groups is 1. The van der Waals surface area contributed by atoms with Gasteiger partial charge in [0.1, 0.15) is 23.1 Å². The summed E-state index contributed by atoms with van der Waals surface area (Å²) in [5.41, 5.74) is 2.25. The smallest absolute Gasteiger partial charge is 0.328 e. The number of allylic oxidation sites excluding steroid dienone is 2. The summed E-state index contributed by atoms with van der Waals surface area (Å²) in [5, 5.41) is 32.2. The SMILES string of the molecule is Cc1ccc([C@H]2C3(C(=O)NC(=O)NC3=O)[C@@]2(C#N)C(N)=C(C#N)C#N)cc1. The molecule has 0 aromatic heterocycles. The highest BCUT2D eigenvalue weighted by Gasteiger charge is 2.88. The molecule has 9 heteroatoms. The molecule has 1 saturated heterocycles. The monoisotopic (exact) mass is 360 g/mol. The summed E-state index contributed by atoms with van der Waals surface area (Å²) < 4.78 is 0. The molecule has 1 aliphatic carbocycles. The van der Waals surface area contributed by atoms with Crippen molar-refractivity contribution in [3.63, 3.8) is 0 Å². The Kier molecular flexibility index (Phi) is 3.72. The lowest BCUT2D eigenvalue weighted by Gasteiger charge is -2.23. The third-order valence-electron chi connectivity index (χ3n) is 5.08. The number of nitrogens with one attached hydrogen (secondary N) is 2. The summed E-state index contributed by atoms with van der Waals surface area (Å²) in [6.07, 6.45) is 0. The second-order valence-electron chi connectivity index (χ2n) is 6.32. The maximum atomic E-state index is 12.7. The van der Waals surface area contributed by atoms with E-state index in [4.69, 9.17) is 16.3 Å². The molecule has 0 bridgehead atoms. The molecule has 0 radical (unpaired) electrons. The van der Waals surface area contributed by atoms with Crippen LogP contribution in [0, 0.1) is 51.7 Å². The molecule has 0 unspecified atom stereocenters. The Morgan fingerprint density at radius 3 is 2.00 bits per heavy atom. The molecule has 132 valence electrons. The predicted octanol–water partition coefficient (Wildman–Crippen LogP) is 0.215. The standard InChI is InChI=1S/C18H12N6O3/c1-9-2-4-10(5-3-9)12-17(8-21,13(22)11(6-19)7-20)18(12)14(25)23-16(27)24-15(18)26/h2-5,12H,22H2,1H3,(H2,23,24,25,26,27)/t12-,17-/m1/s1. The van der Waals surface area contributed by atoms with E-state index in [1.807, 2.05) is 23.6 Å². The van der Waals surface area contributed by atoms with E-state index in [0.717, 1.165) is 5.56 Å². The number of carbonyl (C=O) groups is 3. The number of amides is 4. The number of rotatable bonds is 2. The first-order valence-electron chi connectivity index (χ1n) is 7.76. The van der Waals surface area contributed by atoms with E-state index >= 15 is 0 Å². The topological polar surface area (TPSA) is 173 Å². The van der Waals surface area contributed by atoms with Crippen LogP contribution in [-0.2, 0) is 9.59 Å². The molecule has 1 aromatic rings. The Balaban J connectivity index is 2.33. The zero-order valence-electron chi connectivity index (χ0n) is 14.0. The van der Waals surface area contributed by atoms with E-state index in [2.05, 4.69) is 0 Å². The van der Waals surface area contributed by atoms with Gasteiger partial charge in [0, 0.05) is 5.92 Å². The van der Waals surface area contributed by atoms with Gasteiger partial charge < -0.3 is 5.73 Å². The second-order valence-corrected chi connectivity index (χ2v) is 6.32. The van der Waals surface area contributed by atoms with E-state index < -0.39 is 45.9 Å². The van der Waals surface area contributed by atoms with Crippen LogP contribution in [0.15, 0.2) is 35.5 Å². The first kappa shape index (κ1) is 17.7. The summed E-state index contributed by atoms with van der Waals surface area (Å²) in [7, 11) is 0. The molecule has 3 rings (SSSR count). The molecule has 9 nitrogen and oxygen atoms in total. The Labute approximate surface area is 153 Å². The fourth-order valence-electron chi connectivity index (χ4n) is 3.82. The molecule has 2 aliphatic rings. The number of aryl methyl sites for hydroxylation is 1. The Morgan fingerprint density at radius 2 is 1.56 bits per heavy atom. The van der Waals surface area contributed by atoms with Gasteiger partial charge in [0.25, 0.3) is 0 Å². The minimum Gasteiger partial charge on any atom is -0.399 e. The molecular weight excluding hydrogens is 348 g/mol. The van der Waals surface area contributed by atoms with Gasteiger partial charge in [-0.2, -0.15) is 15.8 Å². The Bertz CT molecular complexity index is 1010. The van der Waals surface area contributed by atoms with Gasteiger partial charge in [0.15, 0.2) is 5.41 Å². The first-order chi connectivity index (χ1) is 12.8. The van der Waals surface area contributed by atoms with Crippen molar-refractivity contribution < 1.29 is 14.4 Å². The van der Waals surface area contributed by atoms with Gasteiger partial charge in [-0.15, -0.1) is 0 Å². The molecule has 1 heterocycles. The number of imide groups is 2. The molecule has 2 fully saturated rings. The van der Waals surface area contributed by atoms with Crippen molar-refractivity contribution in [1.82, 2.24) is 10.6 Å². The number of nitrogens with two attached hydrogens (primary N) is 1. The molecule has 1 saturated carbocycles. The number of hydrogen-bond donors (Lipinski definition) is 3. The van der Waals surface area contributed by atoms with E-state index in [0.29, 0.717) is 5.56 Å². The highest BCUT2D eigenvalue weighted by Crippen LogP contribution is 2.77. The van der Waals surface area contributed by atoms with Crippen LogP contribution in [0.4, 0.5) is 4.79 Å². The number of nitrogens with zero attached hydrogens (tertiary/aromatic N) is 3. The van der Waals surface area contributed by atoms with Crippen LogP contribution in [0.3, 0.4) is 0 Å². The summed E-state index contributed by atoms with van der Waals surface area (Å²) >= 11 is 0. The second kappa shape index (κ2) is 5.69. The third-order valence-corrected chi connectivity index (χ3v) is 5.08. The van der Waals surface area contributed by atoms with Crippen molar-refractivity contribution in [1.29, 1.82) is 15.8 Å². The highest BCUT2D eigenvalue weighted by molar-refractivity contribution is 6.24. The fraction of sp³-hybridized carbons (Fsp3) is 0.222. The Morgan fingerprint density at radius 1 is 1.04 bits per heavy atom. The van der Waals surface area contributed by atoms with Crippen LogP contribution in [0.2, 0.25) is 0 Å². The largest absolute Gasteiger partial charge is 0.399 e. The molecule has 1 spiro atoms. The fourth-order valence-corrected chi connectivity index (χ4v) is 3.82. The predicted molar refractivity (Wildman–Crippen MR) is 88.5 cm³/mol. The maximum absolute atomic E-state index is 12.7. The van der Waals surface area contributed by atoms with Gasteiger partial charge in [-0.05, 0) is 12.5 Å². The van der Waals surface area contributed by atoms with Crippen molar-refractivity contribution in [3.8, 4) is 18.2 Å². The highest BCUT2D eigenvalue weighted by atomic mass is 16.2. The van der Waals surface area contributed by atoms with Crippen LogP contribution in [-0.4, -0.2) is 17.8 Å². The first-order valence-corrected chi connectivity index (χ1v) is 7.76. The number of carbonyl (C=O) groups excluding carboxylic acids is 3. The molecule has 4 amide bonds. The summed E-state index contributed by atoms with van der Waals surface area (Å²) in [6.45, 7) is 1.83. The lowest BCUT2D eigenvalue weighted by molar-refractivity contribution is -0.139. The van der Waals surface area contributed by atoms with Gasteiger partial charge in [-0.1, -0.05) is 29.8 Å². The van der Waals surface area contributed by atoms with Crippen LogP contribution >= 0.6 is 0 Å². The van der Waals surface area contributed by atoms with E-state index in [9.17, 15) is 19.6 Å². The van der Waals surface area contributed by atoms with Crippen molar-refractivity contribution >= 4 is 17.8 Å². The molecular formula is C18H12N6O3. The number of nitriles is 3. The van der Waals surface area contributed by atoms with Gasteiger partial charge in [0.2, 0.25) is 11.8 Å². The molecule has 4 N–H and O–H groups in total. The lowest BCUT2D eigenvalue weighted by Crippen LogP contribution is -2.59. The normalized spacial score (nSPS) is 24.7. The van der Waals surface area contributed by atoms with Crippen molar-refractivity contribution in [2.24, 2.45) is 16.6 Å². The van der Waals surface area contributed by atoms with E-state index in [1.165, 1.54) is 0 Å². The third kappa shape index (κ3) is 1.98. The number of barbiturate groups is 1. The van der Waals surface area contributed by atoms with Crippen molar-refractivity contribution in [2.45, 2.75) is 12.8 Å². The van der Waals surface area contributed by atoms with Gasteiger partial charge in [0.05, 0.1) is 11.8 Å².